The third kappa shape index (κ3) is 6.75. The van der Waals surface area contributed by atoms with Gasteiger partial charge in [0.15, 0.2) is 0 Å². The molecule has 0 saturated carbocycles. The Labute approximate surface area is 160 Å². The van der Waals surface area contributed by atoms with Crippen LogP contribution in [0.1, 0.15) is 22.8 Å². The van der Waals surface area contributed by atoms with Crippen molar-refractivity contribution in [3.05, 3.63) is 59.7 Å². The Balaban J connectivity index is 1.93. The maximum atomic E-state index is 12.4. The van der Waals surface area contributed by atoms with E-state index in [0.29, 0.717) is 43.2 Å². The molecule has 0 saturated heterocycles. The van der Waals surface area contributed by atoms with Crippen LogP contribution in [0.5, 0.6) is 5.75 Å². The summed E-state index contributed by atoms with van der Waals surface area (Å²) in [6.07, 6.45) is 0.336. The molecule has 6 heteroatoms. The van der Waals surface area contributed by atoms with E-state index in [-0.39, 0.29) is 11.8 Å². The Hall–Kier alpha value is -2.86. The minimum absolute atomic E-state index is 0.0351. The minimum Gasteiger partial charge on any atom is -0.491 e. The van der Waals surface area contributed by atoms with E-state index in [4.69, 9.17) is 9.47 Å². The number of amides is 2. The van der Waals surface area contributed by atoms with Gasteiger partial charge >= 0.3 is 0 Å². The monoisotopic (exact) mass is 370 g/mol. The number of carbonyl (C=O) groups excluding carboxylic acids is 2. The summed E-state index contributed by atoms with van der Waals surface area (Å²) in [5, 5.41) is 2.85. The predicted molar refractivity (Wildman–Crippen MR) is 105 cm³/mol. The third-order valence-corrected chi connectivity index (χ3v) is 3.86. The van der Waals surface area contributed by atoms with Crippen LogP contribution < -0.4 is 10.1 Å². The Kier molecular flexibility index (Phi) is 7.82. The molecular weight excluding hydrogens is 344 g/mol. The number of ether oxygens (including phenoxy) is 2. The van der Waals surface area contributed by atoms with Gasteiger partial charge in [0.1, 0.15) is 12.4 Å². The average Bonchev–Trinajstić information content (AvgIpc) is 2.67. The Morgan fingerprint density at radius 3 is 2.44 bits per heavy atom. The van der Waals surface area contributed by atoms with Gasteiger partial charge in [0.2, 0.25) is 5.91 Å². The van der Waals surface area contributed by atoms with Gasteiger partial charge in [-0.25, -0.2) is 0 Å². The molecule has 0 aliphatic rings. The second-order valence-corrected chi connectivity index (χ2v) is 6.19. The maximum Gasteiger partial charge on any atom is 0.255 e. The van der Waals surface area contributed by atoms with Gasteiger partial charge in [-0.1, -0.05) is 18.2 Å². The zero-order chi connectivity index (χ0) is 19.6. The van der Waals surface area contributed by atoms with Crippen LogP contribution >= 0.6 is 0 Å². The SMILES string of the molecule is CCOCCOc1cccc(C(=O)Nc2ccc(CC(=O)N(C)C)cc2)c1. The molecule has 0 unspecified atom stereocenters. The van der Waals surface area contributed by atoms with E-state index in [1.54, 1.807) is 55.4 Å². The number of benzene rings is 2. The van der Waals surface area contributed by atoms with Gasteiger partial charge in [-0.2, -0.15) is 0 Å². The number of carbonyl (C=O) groups is 2. The van der Waals surface area contributed by atoms with Crippen molar-refractivity contribution in [2.75, 3.05) is 39.2 Å². The van der Waals surface area contributed by atoms with Crippen molar-refractivity contribution < 1.29 is 19.1 Å². The fourth-order valence-electron chi connectivity index (χ4n) is 2.33. The van der Waals surface area contributed by atoms with E-state index in [9.17, 15) is 9.59 Å². The van der Waals surface area contributed by atoms with Crippen molar-refractivity contribution >= 4 is 17.5 Å². The number of likely N-dealkylation sites (N-methyl/N-ethyl adjacent to an activating group) is 1. The lowest BCUT2D eigenvalue weighted by Gasteiger charge is -2.11. The number of hydrogen-bond acceptors (Lipinski definition) is 4. The van der Waals surface area contributed by atoms with Crippen LogP contribution in [0.4, 0.5) is 5.69 Å². The molecule has 0 spiro atoms. The molecule has 0 aromatic heterocycles. The molecule has 0 aliphatic carbocycles. The third-order valence-electron chi connectivity index (χ3n) is 3.86. The molecule has 0 heterocycles. The summed E-state index contributed by atoms with van der Waals surface area (Å²) >= 11 is 0. The van der Waals surface area contributed by atoms with E-state index >= 15 is 0 Å². The van der Waals surface area contributed by atoms with Crippen LogP contribution in [0.25, 0.3) is 0 Å². The highest BCUT2D eigenvalue weighted by Crippen LogP contribution is 2.16. The van der Waals surface area contributed by atoms with Crippen molar-refractivity contribution in [1.29, 1.82) is 0 Å². The summed E-state index contributed by atoms with van der Waals surface area (Å²) in [6.45, 7) is 3.52. The molecule has 0 atom stereocenters. The molecule has 2 rings (SSSR count). The zero-order valence-electron chi connectivity index (χ0n) is 16.0. The largest absolute Gasteiger partial charge is 0.491 e. The van der Waals surface area contributed by atoms with E-state index in [1.807, 2.05) is 19.1 Å². The average molecular weight is 370 g/mol. The molecule has 0 fully saturated rings. The van der Waals surface area contributed by atoms with Gasteiger partial charge in [-0.3, -0.25) is 9.59 Å². The standard InChI is InChI=1S/C21H26N2O4/c1-4-26-12-13-27-19-7-5-6-17(15-19)21(25)22-18-10-8-16(9-11-18)14-20(24)23(2)3/h5-11,15H,4,12-14H2,1-3H3,(H,22,25). The first-order valence-corrected chi connectivity index (χ1v) is 8.90. The van der Waals surface area contributed by atoms with E-state index < -0.39 is 0 Å². The second-order valence-electron chi connectivity index (χ2n) is 6.19. The molecule has 0 radical (unpaired) electrons. The van der Waals surface area contributed by atoms with E-state index in [2.05, 4.69) is 5.32 Å². The van der Waals surface area contributed by atoms with E-state index in [1.165, 1.54) is 0 Å². The van der Waals surface area contributed by atoms with Crippen molar-refractivity contribution in [3.63, 3.8) is 0 Å². The molecule has 144 valence electrons. The number of hydrogen-bond donors (Lipinski definition) is 1. The number of rotatable bonds is 9. The first-order chi connectivity index (χ1) is 13.0. The molecule has 27 heavy (non-hydrogen) atoms. The second kappa shape index (κ2) is 10.3. The topological polar surface area (TPSA) is 67.9 Å². The lowest BCUT2D eigenvalue weighted by Crippen LogP contribution is -2.23. The maximum absolute atomic E-state index is 12.4. The number of nitrogens with zero attached hydrogens (tertiary/aromatic N) is 1. The summed E-state index contributed by atoms with van der Waals surface area (Å²) in [5.41, 5.74) is 2.08. The molecule has 2 aromatic rings. The van der Waals surface area contributed by atoms with Crippen molar-refractivity contribution in [2.45, 2.75) is 13.3 Å². The van der Waals surface area contributed by atoms with Crippen molar-refractivity contribution in [3.8, 4) is 5.75 Å². The normalized spacial score (nSPS) is 10.3. The van der Waals surface area contributed by atoms with Gasteiger partial charge in [-0.05, 0) is 42.8 Å². The minimum atomic E-state index is -0.220. The lowest BCUT2D eigenvalue weighted by molar-refractivity contribution is -0.127. The molecule has 2 amide bonds. The van der Waals surface area contributed by atoms with Crippen LogP contribution in [0.15, 0.2) is 48.5 Å². The quantitative estimate of drug-likeness (QED) is 0.689. The highest BCUT2D eigenvalue weighted by atomic mass is 16.5. The van der Waals surface area contributed by atoms with Crippen LogP contribution in [-0.4, -0.2) is 50.6 Å². The highest BCUT2D eigenvalue weighted by molar-refractivity contribution is 6.04. The Morgan fingerprint density at radius 1 is 1.04 bits per heavy atom. The van der Waals surface area contributed by atoms with Gasteiger partial charge < -0.3 is 19.7 Å². The van der Waals surface area contributed by atoms with Gasteiger partial charge in [0.05, 0.1) is 13.0 Å². The van der Waals surface area contributed by atoms with Crippen LogP contribution in [-0.2, 0) is 16.0 Å². The molecule has 0 aliphatic heterocycles. The first kappa shape index (κ1) is 20.5. The first-order valence-electron chi connectivity index (χ1n) is 8.90. The Morgan fingerprint density at radius 2 is 1.78 bits per heavy atom. The predicted octanol–water partition coefficient (Wildman–Crippen LogP) is 2.98. The summed E-state index contributed by atoms with van der Waals surface area (Å²) in [4.78, 5) is 25.7. The summed E-state index contributed by atoms with van der Waals surface area (Å²) < 4.78 is 10.8. The summed E-state index contributed by atoms with van der Waals surface area (Å²) in [7, 11) is 3.46. The van der Waals surface area contributed by atoms with Crippen molar-refractivity contribution in [1.82, 2.24) is 4.90 Å². The lowest BCUT2D eigenvalue weighted by atomic mass is 10.1. The van der Waals surface area contributed by atoms with Crippen LogP contribution in [0.3, 0.4) is 0 Å². The van der Waals surface area contributed by atoms with E-state index in [0.717, 1.165) is 5.56 Å². The Bertz CT molecular complexity index is 757. The van der Waals surface area contributed by atoms with Crippen molar-refractivity contribution in [2.24, 2.45) is 0 Å². The zero-order valence-corrected chi connectivity index (χ0v) is 16.0. The molecule has 0 bridgehead atoms. The fourth-order valence-corrected chi connectivity index (χ4v) is 2.33. The van der Waals surface area contributed by atoms with Gasteiger partial charge in [-0.15, -0.1) is 0 Å². The molecular formula is C21H26N2O4. The van der Waals surface area contributed by atoms with Crippen LogP contribution in [0.2, 0.25) is 0 Å². The number of nitrogens with one attached hydrogen (secondary N) is 1. The fraction of sp³-hybridized carbons (Fsp3) is 0.333. The summed E-state index contributed by atoms with van der Waals surface area (Å²) in [5.74, 6) is 0.440. The highest BCUT2D eigenvalue weighted by Gasteiger charge is 2.09. The van der Waals surface area contributed by atoms with Gasteiger partial charge in [0, 0.05) is 32.0 Å². The number of anilines is 1. The molecule has 6 nitrogen and oxygen atoms in total. The summed E-state index contributed by atoms with van der Waals surface area (Å²) in [6, 6.07) is 14.3. The smallest absolute Gasteiger partial charge is 0.255 e. The van der Waals surface area contributed by atoms with Crippen LogP contribution in [0, 0.1) is 0 Å². The molecule has 2 aromatic carbocycles. The van der Waals surface area contributed by atoms with Gasteiger partial charge in [0.25, 0.3) is 5.91 Å². The molecule has 1 N–H and O–H groups in total.